The van der Waals surface area contributed by atoms with Crippen molar-refractivity contribution in [2.24, 2.45) is 0 Å². The molecule has 30 heavy (non-hydrogen) atoms. The first-order valence-corrected chi connectivity index (χ1v) is 10.4. The summed E-state index contributed by atoms with van der Waals surface area (Å²) in [6.45, 7) is 4.33. The van der Waals surface area contributed by atoms with Crippen molar-refractivity contribution in [1.29, 1.82) is 0 Å². The molecular weight excluding hydrogens is 396 g/mol. The highest BCUT2D eigenvalue weighted by Gasteiger charge is 2.10. The van der Waals surface area contributed by atoms with Crippen molar-refractivity contribution in [3.63, 3.8) is 0 Å². The van der Waals surface area contributed by atoms with E-state index in [9.17, 15) is 4.79 Å². The van der Waals surface area contributed by atoms with Crippen LogP contribution in [0.1, 0.15) is 42.3 Å². The topological polar surface area (TPSA) is 55.1 Å². The fourth-order valence-corrected chi connectivity index (χ4v) is 3.43. The van der Waals surface area contributed by atoms with Crippen molar-refractivity contribution in [3.05, 3.63) is 94.3 Å². The standard InChI is InChI=1S/C25H23ClN2O2/c1-16(2)19-7-12-23-22(15-19)28-25(30-23)14-18-5-10-21(11-6-18)27-24(29)13-17-3-8-20(26)9-4-17/h3-12,15-16H,13-14H2,1-2H3,(H,27,29). The van der Waals surface area contributed by atoms with Gasteiger partial charge in [0, 0.05) is 17.1 Å². The number of aromatic nitrogens is 1. The van der Waals surface area contributed by atoms with Crippen LogP contribution in [-0.2, 0) is 17.6 Å². The Balaban J connectivity index is 1.39. The smallest absolute Gasteiger partial charge is 0.228 e. The fraction of sp³-hybridized carbons (Fsp3) is 0.200. The van der Waals surface area contributed by atoms with Gasteiger partial charge in [-0.1, -0.05) is 55.8 Å². The first kappa shape index (κ1) is 20.2. The molecule has 1 heterocycles. The molecule has 3 aromatic carbocycles. The minimum atomic E-state index is -0.0648. The number of hydrogen-bond acceptors (Lipinski definition) is 3. The van der Waals surface area contributed by atoms with Crippen molar-refractivity contribution in [1.82, 2.24) is 4.98 Å². The van der Waals surface area contributed by atoms with Crippen LogP contribution >= 0.6 is 11.6 Å². The van der Waals surface area contributed by atoms with Gasteiger partial charge in [0.1, 0.15) is 5.52 Å². The van der Waals surface area contributed by atoms with Gasteiger partial charge in [-0.3, -0.25) is 4.79 Å². The molecule has 1 N–H and O–H groups in total. The van der Waals surface area contributed by atoms with E-state index in [0.29, 0.717) is 29.7 Å². The third-order valence-electron chi connectivity index (χ3n) is 4.99. The largest absolute Gasteiger partial charge is 0.440 e. The maximum absolute atomic E-state index is 12.2. The summed E-state index contributed by atoms with van der Waals surface area (Å²) in [5.41, 5.74) is 5.70. The van der Waals surface area contributed by atoms with E-state index in [2.05, 4.69) is 36.3 Å². The first-order chi connectivity index (χ1) is 14.5. The Morgan fingerprint density at radius 3 is 2.40 bits per heavy atom. The van der Waals surface area contributed by atoms with E-state index in [0.717, 1.165) is 27.9 Å². The third-order valence-corrected chi connectivity index (χ3v) is 5.25. The molecule has 0 spiro atoms. The highest BCUT2D eigenvalue weighted by atomic mass is 35.5. The number of carbonyl (C=O) groups excluding carboxylic acids is 1. The van der Waals surface area contributed by atoms with Crippen molar-refractivity contribution in [2.45, 2.75) is 32.6 Å². The molecule has 0 fully saturated rings. The minimum absolute atomic E-state index is 0.0648. The van der Waals surface area contributed by atoms with Crippen LogP contribution in [0, 0.1) is 0 Å². The summed E-state index contributed by atoms with van der Waals surface area (Å²) in [5, 5.41) is 3.58. The lowest BCUT2D eigenvalue weighted by Gasteiger charge is -2.06. The Hall–Kier alpha value is -3.11. The van der Waals surface area contributed by atoms with Gasteiger partial charge in [0.05, 0.1) is 6.42 Å². The van der Waals surface area contributed by atoms with Gasteiger partial charge in [-0.2, -0.15) is 0 Å². The number of fused-ring (bicyclic) bond motifs is 1. The second-order valence-corrected chi connectivity index (χ2v) is 8.15. The van der Waals surface area contributed by atoms with E-state index in [-0.39, 0.29) is 5.91 Å². The van der Waals surface area contributed by atoms with Crippen LogP contribution in [-0.4, -0.2) is 10.9 Å². The molecule has 0 saturated carbocycles. The lowest BCUT2D eigenvalue weighted by atomic mass is 10.0. The number of rotatable bonds is 6. The molecule has 0 unspecified atom stereocenters. The molecule has 4 nitrogen and oxygen atoms in total. The summed E-state index contributed by atoms with van der Waals surface area (Å²) in [4.78, 5) is 16.9. The van der Waals surface area contributed by atoms with E-state index >= 15 is 0 Å². The van der Waals surface area contributed by atoms with Gasteiger partial charge in [-0.05, 0) is 59.0 Å². The lowest BCUT2D eigenvalue weighted by molar-refractivity contribution is -0.115. The molecule has 1 amide bonds. The van der Waals surface area contributed by atoms with Gasteiger partial charge < -0.3 is 9.73 Å². The average Bonchev–Trinajstić information content (AvgIpc) is 3.12. The monoisotopic (exact) mass is 418 g/mol. The molecule has 0 atom stereocenters. The minimum Gasteiger partial charge on any atom is -0.440 e. The molecule has 0 radical (unpaired) electrons. The Bertz CT molecular complexity index is 1160. The van der Waals surface area contributed by atoms with Gasteiger partial charge in [-0.15, -0.1) is 0 Å². The number of benzene rings is 3. The van der Waals surface area contributed by atoms with Crippen LogP contribution < -0.4 is 5.32 Å². The number of nitrogens with zero attached hydrogens (tertiary/aromatic N) is 1. The van der Waals surface area contributed by atoms with Crippen LogP contribution in [0.2, 0.25) is 5.02 Å². The number of hydrogen-bond donors (Lipinski definition) is 1. The number of carbonyl (C=O) groups is 1. The number of anilines is 1. The fourth-order valence-electron chi connectivity index (χ4n) is 3.30. The molecule has 4 rings (SSSR count). The Morgan fingerprint density at radius 2 is 1.70 bits per heavy atom. The molecule has 0 aliphatic carbocycles. The maximum Gasteiger partial charge on any atom is 0.228 e. The molecule has 1 aromatic heterocycles. The van der Waals surface area contributed by atoms with Crippen LogP contribution in [0.15, 0.2) is 71.1 Å². The summed E-state index contributed by atoms with van der Waals surface area (Å²) in [5.74, 6) is 1.08. The van der Waals surface area contributed by atoms with Crippen LogP contribution in [0.4, 0.5) is 5.69 Å². The van der Waals surface area contributed by atoms with Gasteiger partial charge in [-0.25, -0.2) is 4.98 Å². The summed E-state index contributed by atoms with van der Waals surface area (Å²) >= 11 is 5.88. The molecular formula is C25H23ClN2O2. The van der Waals surface area contributed by atoms with E-state index < -0.39 is 0 Å². The summed E-state index contributed by atoms with van der Waals surface area (Å²) in [6.07, 6.45) is 0.908. The van der Waals surface area contributed by atoms with Crippen LogP contribution in [0.25, 0.3) is 11.1 Å². The Morgan fingerprint density at radius 1 is 1.00 bits per heavy atom. The Labute approximate surface area is 180 Å². The highest BCUT2D eigenvalue weighted by Crippen LogP contribution is 2.23. The first-order valence-electron chi connectivity index (χ1n) is 9.99. The van der Waals surface area contributed by atoms with E-state index in [1.54, 1.807) is 12.1 Å². The van der Waals surface area contributed by atoms with Gasteiger partial charge in [0.15, 0.2) is 11.5 Å². The van der Waals surface area contributed by atoms with E-state index in [1.807, 2.05) is 42.5 Å². The number of halogens is 1. The molecule has 152 valence electrons. The maximum atomic E-state index is 12.2. The third kappa shape index (κ3) is 4.89. The van der Waals surface area contributed by atoms with Gasteiger partial charge >= 0.3 is 0 Å². The lowest BCUT2D eigenvalue weighted by Crippen LogP contribution is -2.14. The van der Waals surface area contributed by atoms with Crippen molar-refractivity contribution in [3.8, 4) is 0 Å². The zero-order valence-electron chi connectivity index (χ0n) is 17.0. The van der Waals surface area contributed by atoms with Crippen molar-refractivity contribution in [2.75, 3.05) is 5.32 Å². The quantitative estimate of drug-likeness (QED) is 0.395. The second-order valence-electron chi connectivity index (χ2n) is 7.71. The normalized spacial score (nSPS) is 11.2. The van der Waals surface area contributed by atoms with Crippen LogP contribution in [0.3, 0.4) is 0 Å². The summed E-state index contributed by atoms with van der Waals surface area (Å²) < 4.78 is 5.89. The SMILES string of the molecule is CC(C)c1ccc2oc(Cc3ccc(NC(=O)Cc4ccc(Cl)cc4)cc3)nc2c1. The highest BCUT2D eigenvalue weighted by molar-refractivity contribution is 6.30. The zero-order valence-corrected chi connectivity index (χ0v) is 17.7. The molecule has 0 bridgehead atoms. The molecule has 5 heteroatoms. The predicted octanol–water partition coefficient (Wildman–Crippen LogP) is 6.38. The zero-order chi connectivity index (χ0) is 21.1. The van der Waals surface area contributed by atoms with E-state index in [1.165, 1.54) is 5.56 Å². The van der Waals surface area contributed by atoms with E-state index in [4.69, 9.17) is 16.0 Å². The van der Waals surface area contributed by atoms with Crippen molar-refractivity contribution >= 4 is 34.3 Å². The molecule has 0 saturated heterocycles. The molecule has 4 aromatic rings. The number of nitrogens with one attached hydrogen (secondary N) is 1. The summed E-state index contributed by atoms with van der Waals surface area (Å²) in [6, 6.07) is 21.2. The van der Waals surface area contributed by atoms with Gasteiger partial charge in [0.25, 0.3) is 0 Å². The Kier molecular flexibility index (Phi) is 5.86. The number of oxazole rings is 1. The van der Waals surface area contributed by atoms with Gasteiger partial charge in [0.2, 0.25) is 5.91 Å². The number of amides is 1. The molecule has 0 aliphatic heterocycles. The summed E-state index contributed by atoms with van der Waals surface area (Å²) in [7, 11) is 0. The average molecular weight is 419 g/mol. The van der Waals surface area contributed by atoms with Crippen LogP contribution in [0.5, 0.6) is 0 Å². The molecule has 0 aliphatic rings. The van der Waals surface area contributed by atoms with Crippen molar-refractivity contribution < 1.29 is 9.21 Å². The second kappa shape index (κ2) is 8.72. The predicted molar refractivity (Wildman–Crippen MR) is 121 cm³/mol.